The summed E-state index contributed by atoms with van der Waals surface area (Å²) in [6.45, 7) is 6.77. The van der Waals surface area contributed by atoms with E-state index in [1.807, 2.05) is 17.8 Å². The number of hydrogen-bond donors (Lipinski definition) is 0. The molecule has 34 heavy (non-hydrogen) atoms. The van der Waals surface area contributed by atoms with Gasteiger partial charge in [0.1, 0.15) is 11.6 Å². The third kappa shape index (κ3) is 5.65. The van der Waals surface area contributed by atoms with Crippen molar-refractivity contribution >= 4 is 11.8 Å². The predicted molar refractivity (Wildman–Crippen MR) is 138 cm³/mol. The van der Waals surface area contributed by atoms with Gasteiger partial charge in [0.15, 0.2) is 5.16 Å². The van der Waals surface area contributed by atoms with Crippen molar-refractivity contribution in [2.75, 3.05) is 45.6 Å². The fourth-order valence-electron chi connectivity index (χ4n) is 5.09. The van der Waals surface area contributed by atoms with Gasteiger partial charge in [0.05, 0.1) is 12.8 Å². The third-order valence-electron chi connectivity index (χ3n) is 7.01. The second-order valence-corrected chi connectivity index (χ2v) is 10.4. The molecule has 3 aromatic rings. The molecule has 5 rings (SSSR count). The molecular formula is C27H35N5OS. The maximum Gasteiger partial charge on any atom is 0.195 e. The molecular weight excluding hydrogens is 442 g/mol. The summed E-state index contributed by atoms with van der Waals surface area (Å²) in [5.74, 6) is 3.41. The van der Waals surface area contributed by atoms with E-state index >= 15 is 0 Å². The van der Waals surface area contributed by atoms with Gasteiger partial charge in [-0.2, -0.15) is 0 Å². The highest BCUT2D eigenvalue weighted by Gasteiger charge is 2.27. The van der Waals surface area contributed by atoms with E-state index in [1.54, 1.807) is 7.11 Å². The molecule has 2 aromatic carbocycles. The summed E-state index contributed by atoms with van der Waals surface area (Å²) in [5, 5.41) is 10.4. The maximum atomic E-state index is 5.52. The van der Waals surface area contributed by atoms with Gasteiger partial charge in [0, 0.05) is 30.8 Å². The minimum Gasteiger partial charge on any atom is -0.497 e. The lowest BCUT2D eigenvalue weighted by atomic mass is 9.95. The number of methoxy groups -OCH3 is 1. The molecule has 0 radical (unpaired) electrons. The van der Waals surface area contributed by atoms with Crippen LogP contribution in [0.2, 0.25) is 0 Å². The zero-order chi connectivity index (χ0) is 23.2. The Hall–Kier alpha value is -2.35. The van der Waals surface area contributed by atoms with Crippen LogP contribution in [0, 0.1) is 0 Å². The first kappa shape index (κ1) is 23.4. The first-order valence-electron chi connectivity index (χ1n) is 12.5. The Kier molecular flexibility index (Phi) is 7.83. The van der Waals surface area contributed by atoms with Crippen LogP contribution in [-0.2, 0) is 6.54 Å². The molecule has 0 spiro atoms. The van der Waals surface area contributed by atoms with Crippen molar-refractivity contribution in [1.29, 1.82) is 0 Å². The minimum atomic E-state index is 0.415. The number of aromatic nitrogens is 3. The second kappa shape index (κ2) is 11.4. The van der Waals surface area contributed by atoms with Crippen LogP contribution in [0.5, 0.6) is 5.75 Å². The molecule has 0 N–H and O–H groups in total. The minimum absolute atomic E-state index is 0.415. The van der Waals surface area contributed by atoms with Gasteiger partial charge in [-0.3, -0.25) is 9.47 Å². The van der Waals surface area contributed by atoms with E-state index in [0.29, 0.717) is 5.92 Å². The third-order valence-corrected chi connectivity index (χ3v) is 7.92. The molecule has 1 aromatic heterocycles. The fraction of sp³-hybridized carbons (Fsp3) is 0.481. The zero-order valence-corrected chi connectivity index (χ0v) is 20.9. The molecule has 2 aliphatic rings. The highest BCUT2D eigenvalue weighted by Crippen LogP contribution is 2.33. The van der Waals surface area contributed by atoms with Crippen molar-refractivity contribution in [2.45, 2.75) is 43.3 Å². The van der Waals surface area contributed by atoms with Crippen LogP contribution in [0.15, 0.2) is 59.8 Å². The van der Waals surface area contributed by atoms with Gasteiger partial charge in [-0.25, -0.2) is 0 Å². The van der Waals surface area contributed by atoms with E-state index < -0.39 is 0 Å². The number of nitrogens with zero attached hydrogens (tertiary/aromatic N) is 5. The average Bonchev–Trinajstić information content (AvgIpc) is 3.56. The van der Waals surface area contributed by atoms with Gasteiger partial charge in [-0.15, -0.1) is 10.2 Å². The lowest BCUT2D eigenvalue weighted by Gasteiger charge is -2.31. The van der Waals surface area contributed by atoms with Crippen LogP contribution in [-0.4, -0.2) is 70.2 Å². The quantitative estimate of drug-likeness (QED) is 0.411. The maximum absolute atomic E-state index is 5.52. The van der Waals surface area contributed by atoms with Crippen LogP contribution in [0.3, 0.4) is 0 Å². The summed E-state index contributed by atoms with van der Waals surface area (Å²) >= 11 is 1.83. The van der Waals surface area contributed by atoms with Gasteiger partial charge in [-0.05, 0) is 69.6 Å². The Morgan fingerprint density at radius 3 is 2.47 bits per heavy atom. The first-order chi connectivity index (χ1) is 16.8. The number of benzene rings is 2. The number of piperidine rings is 1. The summed E-state index contributed by atoms with van der Waals surface area (Å²) in [5.41, 5.74) is 2.48. The summed E-state index contributed by atoms with van der Waals surface area (Å²) in [7, 11) is 1.72. The van der Waals surface area contributed by atoms with Crippen LogP contribution >= 0.6 is 11.8 Å². The van der Waals surface area contributed by atoms with Crippen LogP contribution in [0.1, 0.15) is 43.0 Å². The molecule has 7 heteroatoms. The van der Waals surface area contributed by atoms with Crippen molar-refractivity contribution in [2.24, 2.45) is 0 Å². The average molecular weight is 478 g/mol. The van der Waals surface area contributed by atoms with E-state index in [2.05, 4.69) is 68.0 Å². The second-order valence-electron chi connectivity index (χ2n) is 9.31. The van der Waals surface area contributed by atoms with E-state index in [9.17, 15) is 0 Å². The van der Waals surface area contributed by atoms with Crippen LogP contribution < -0.4 is 4.74 Å². The number of rotatable bonds is 9. The Morgan fingerprint density at radius 1 is 0.912 bits per heavy atom. The zero-order valence-electron chi connectivity index (χ0n) is 20.1. The largest absolute Gasteiger partial charge is 0.497 e. The van der Waals surface area contributed by atoms with Crippen molar-refractivity contribution in [1.82, 2.24) is 24.6 Å². The molecule has 0 unspecified atom stereocenters. The molecule has 3 heterocycles. The highest BCUT2D eigenvalue weighted by molar-refractivity contribution is 7.99. The SMILES string of the molecule is COc1cccc(-n2c(SCCN3CCCC3)nnc2C2CCN(Cc3ccccc3)CC2)c1. The van der Waals surface area contributed by atoms with Crippen LogP contribution in [0.25, 0.3) is 5.69 Å². The van der Waals surface area contributed by atoms with E-state index in [4.69, 9.17) is 9.84 Å². The Bertz CT molecular complexity index is 1040. The number of ether oxygens (including phenoxy) is 1. The lowest BCUT2D eigenvalue weighted by molar-refractivity contribution is 0.201. The molecule has 2 saturated heterocycles. The highest BCUT2D eigenvalue weighted by atomic mass is 32.2. The van der Waals surface area contributed by atoms with Gasteiger partial charge in [-0.1, -0.05) is 48.2 Å². The summed E-state index contributed by atoms with van der Waals surface area (Å²) in [6, 6.07) is 19.1. The molecule has 0 atom stereocenters. The van der Waals surface area contributed by atoms with E-state index in [0.717, 1.165) is 67.2 Å². The van der Waals surface area contributed by atoms with Crippen molar-refractivity contribution in [3.8, 4) is 11.4 Å². The Morgan fingerprint density at radius 2 is 1.71 bits per heavy atom. The van der Waals surface area contributed by atoms with Crippen molar-refractivity contribution < 1.29 is 4.74 Å². The monoisotopic (exact) mass is 477 g/mol. The summed E-state index contributed by atoms with van der Waals surface area (Å²) in [6.07, 6.45) is 4.87. The van der Waals surface area contributed by atoms with Crippen LogP contribution in [0.4, 0.5) is 0 Å². The van der Waals surface area contributed by atoms with E-state index in [1.165, 1.54) is 31.5 Å². The van der Waals surface area contributed by atoms with Crippen molar-refractivity contribution in [3.05, 3.63) is 66.0 Å². The molecule has 2 fully saturated rings. The molecule has 2 aliphatic heterocycles. The van der Waals surface area contributed by atoms with Gasteiger partial charge in [0.2, 0.25) is 0 Å². The predicted octanol–water partition coefficient (Wildman–Crippen LogP) is 4.84. The van der Waals surface area contributed by atoms with Gasteiger partial charge in [0.25, 0.3) is 0 Å². The topological polar surface area (TPSA) is 46.4 Å². The molecule has 180 valence electrons. The fourth-order valence-corrected chi connectivity index (χ4v) is 6.05. The molecule has 6 nitrogen and oxygen atoms in total. The number of hydrogen-bond acceptors (Lipinski definition) is 6. The summed E-state index contributed by atoms with van der Waals surface area (Å²) < 4.78 is 7.81. The number of thioether (sulfide) groups is 1. The standard InChI is InChI=1S/C27H35N5OS/c1-33-25-11-7-10-24(20-25)32-26(28-29-27(32)34-19-18-30-14-5-6-15-30)23-12-16-31(17-13-23)21-22-8-3-2-4-9-22/h2-4,7-11,20,23H,5-6,12-19,21H2,1H3. The van der Waals surface area contributed by atoms with E-state index in [-0.39, 0.29) is 0 Å². The Balaban J connectivity index is 1.31. The molecule has 0 amide bonds. The van der Waals surface area contributed by atoms with Gasteiger partial charge >= 0.3 is 0 Å². The van der Waals surface area contributed by atoms with Crippen molar-refractivity contribution in [3.63, 3.8) is 0 Å². The molecule has 0 aliphatic carbocycles. The van der Waals surface area contributed by atoms with Gasteiger partial charge < -0.3 is 9.64 Å². The smallest absolute Gasteiger partial charge is 0.195 e. The molecule has 0 saturated carbocycles. The number of likely N-dealkylation sites (tertiary alicyclic amines) is 2. The lowest BCUT2D eigenvalue weighted by Crippen LogP contribution is -2.33. The Labute approximate surface area is 207 Å². The molecule has 0 bridgehead atoms. The summed E-state index contributed by atoms with van der Waals surface area (Å²) in [4.78, 5) is 5.12. The normalized spacial score (nSPS) is 17.9. The first-order valence-corrected chi connectivity index (χ1v) is 13.5.